The third-order valence-corrected chi connectivity index (χ3v) is 9.67. The van der Waals surface area contributed by atoms with Crippen LogP contribution < -0.4 is 29.0 Å². The SMILES string of the molecule is COc1ccc(-c2cc(C)cc(-c3ccc(OC)cc3)[s+]2)cc1.COc1ccc(-c2cc(C)cc(-c3ccc(OC)cc3)[s+]2)cc1.[O-]B([O-])F. The molecule has 0 aliphatic carbocycles. The average Bonchev–Trinajstić information content (AvgIpc) is 3.14. The van der Waals surface area contributed by atoms with Crippen LogP contribution in [0.1, 0.15) is 11.1 Å². The van der Waals surface area contributed by atoms with Crippen molar-refractivity contribution < 1.29 is 33.3 Å². The fourth-order valence-corrected chi connectivity index (χ4v) is 7.32. The van der Waals surface area contributed by atoms with Crippen molar-refractivity contribution in [2.45, 2.75) is 13.8 Å². The quantitative estimate of drug-likeness (QED) is 0.116. The molecule has 2 aromatic heterocycles. The Morgan fingerprint density at radius 2 is 0.600 bits per heavy atom. The highest BCUT2D eigenvalue weighted by molar-refractivity contribution is 7.18. The van der Waals surface area contributed by atoms with Crippen LogP contribution in [0.5, 0.6) is 23.0 Å². The first kappa shape index (κ1) is 37.9. The maximum atomic E-state index is 9.89. The molecule has 0 saturated carbocycles. The van der Waals surface area contributed by atoms with Crippen molar-refractivity contribution in [2.75, 3.05) is 28.4 Å². The molecule has 0 saturated heterocycles. The highest BCUT2D eigenvalue weighted by Gasteiger charge is 2.19. The lowest BCUT2D eigenvalue weighted by Gasteiger charge is -2.09. The Labute approximate surface area is 301 Å². The number of hydrogen-bond donors (Lipinski definition) is 0. The summed E-state index contributed by atoms with van der Waals surface area (Å²) in [6.07, 6.45) is 0. The van der Waals surface area contributed by atoms with E-state index in [0.29, 0.717) is 0 Å². The predicted molar refractivity (Wildman–Crippen MR) is 202 cm³/mol. The summed E-state index contributed by atoms with van der Waals surface area (Å²) in [6.45, 7) is 4.26. The standard InChI is InChI=1S/2C20H19O2S.BFO2/c2*1-14-12-19(15-4-8-17(21-2)9-5-15)23-20(13-14)16-6-10-18(22-3)11-7-16;2-1(3)4/h2*4-13H,1-3H3;/q2*+1;-2. The van der Waals surface area contributed by atoms with E-state index in [1.807, 2.05) is 48.5 Å². The van der Waals surface area contributed by atoms with Gasteiger partial charge in [-0.1, -0.05) is 0 Å². The molecule has 4 aromatic carbocycles. The molecule has 10 heteroatoms. The molecule has 6 aromatic rings. The highest BCUT2D eigenvalue weighted by atomic mass is 32.1. The molecule has 0 fully saturated rings. The minimum Gasteiger partial charge on any atom is -0.867 e. The summed E-state index contributed by atoms with van der Waals surface area (Å²) < 4.78 is 30.8. The minimum atomic E-state index is -3.17. The van der Waals surface area contributed by atoms with Gasteiger partial charge >= 0.3 is 0 Å². The van der Waals surface area contributed by atoms with Crippen LogP contribution in [0.15, 0.2) is 121 Å². The molecule has 2 heterocycles. The molecule has 0 aliphatic heterocycles. The maximum absolute atomic E-state index is 9.89. The van der Waals surface area contributed by atoms with Gasteiger partial charge in [0.15, 0.2) is 0 Å². The molecule has 0 bridgehead atoms. The Hall–Kier alpha value is -4.87. The van der Waals surface area contributed by atoms with Crippen molar-refractivity contribution in [2.24, 2.45) is 0 Å². The van der Waals surface area contributed by atoms with Crippen LogP contribution in [0.25, 0.3) is 41.8 Å². The monoisotopic (exact) mass is 708 g/mol. The van der Waals surface area contributed by atoms with Crippen LogP contribution in [0.4, 0.5) is 4.32 Å². The molecule has 0 amide bonds. The van der Waals surface area contributed by atoms with Crippen molar-refractivity contribution in [3.05, 3.63) is 132 Å². The van der Waals surface area contributed by atoms with Gasteiger partial charge in [0.1, 0.15) is 30.4 Å². The van der Waals surface area contributed by atoms with Crippen LogP contribution in [0, 0.1) is 13.8 Å². The fraction of sp³-hybridized carbons (Fsp3) is 0.150. The molecule has 0 radical (unpaired) electrons. The molecule has 256 valence electrons. The smallest absolute Gasteiger partial charge is 0.238 e. The number of halogens is 1. The third-order valence-electron chi connectivity index (χ3n) is 7.37. The number of ether oxygens (including phenoxy) is 4. The lowest BCUT2D eigenvalue weighted by molar-refractivity contribution is -0.366. The van der Waals surface area contributed by atoms with Crippen molar-refractivity contribution >= 4 is 30.1 Å². The van der Waals surface area contributed by atoms with E-state index in [9.17, 15) is 4.32 Å². The van der Waals surface area contributed by atoms with E-state index < -0.39 is 7.40 Å². The van der Waals surface area contributed by atoms with Gasteiger partial charge in [0.05, 0.1) is 28.4 Å². The van der Waals surface area contributed by atoms with E-state index >= 15 is 0 Å². The summed E-state index contributed by atoms with van der Waals surface area (Å²) in [5, 5.41) is 16.6. The van der Waals surface area contributed by atoms with Gasteiger partial charge in [-0.15, -0.1) is 0 Å². The number of rotatable bonds is 8. The summed E-state index contributed by atoms with van der Waals surface area (Å²) in [4.78, 5) is 4.99. The largest absolute Gasteiger partial charge is 0.867 e. The molecule has 6 rings (SSSR count). The van der Waals surface area contributed by atoms with E-state index in [1.54, 1.807) is 51.1 Å². The van der Waals surface area contributed by atoms with Gasteiger partial charge in [-0.3, -0.25) is 0 Å². The van der Waals surface area contributed by atoms with Crippen molar-refractivity contribution in [3.8, 4) is 64.8 Å². The summed E-state index contributed by atoms with van der Waals surface area (Å²) in [7, 11) is 3.58. The molecule has 0 atom stereocenters. The Balaban J connectivity index is 0.000000203. The van der Waals surface area contributed by atoms with Crippen molar-refractivity contribution in [1.29, 1.82) is 0 Å². The second-order valence-corrected chi connectivity index (χ2v) is 13.1. The third kappa shape index (κ3) is 11.1. The van der Waals surface area contributed by atoms with Gasteiger partial charge < -0.3 is 33.3 Å². The number of benzene rings is 4. The topological polar surface area (TPSA) is 83.0 Å². The molecule has 0 N–H and O–H groups in total. The van der Waals surface area contributed by atoms with Crippen LogP contribution >= 0.6 is 22.7 Å². The van der Waals surface area contributed by atoms with Crippen LogP contribution in [-0.4, -0.2) is 35.8 Å². The molecule has 6 nitrogen and oxygen atoms in total. The van der Waals surface area contributed by atoms with E-state index in [1.165, 1.54) is 52.9 Å². The Bertz CT molecular complexity index is 1660. The second kappa shape index (κ2) is 18.8. The zero-order valence-electron chi connectivity index (χ0n) is 28.8. The lowest BCUT2D eigenvalue weighted by atomic mass is 10.1. The molecule has 0 spiro atoms. The van der Waals surface area contributed by atoms with Crippen LogP contribution in [-0.2, 0) is 0 Å². The van der Waals surface area contributed by atoms with Gasteiger partial charge in [-0.25, -0.2) is 0 Å². The van der Waals surface area contributed by atoms with Crippen molar-refractivity contribution in [1.82, 2.24) is 0 Å². The van der Waals surface area contributed by atoms with Gasteiger partial charge in [-0.2, -0.15) is 0 Å². The van der Waals surface area contributed by atoms with E-state index in [-0.39, 0.29) is 0 Å². The van der Waals surface area contributed by atoms with Gasteiger partial charge in [0.2, 0.25) is 42.2 Å². The molecule has 0 unspecified atom stereocenters. The highest BCUT2D eigenvalue weighted by Crippen LogP contribution is 2.36. The summed E-state index contributed by atoms with van der Waals surface area (Å²) in [6, 6.07) is 41.7. The number of hydrogen-bond acceptors (Lipinski definition) is 6. The lowest BCUT2D eigenvalue weighted by Crippen LogP contribution is -2.39. The Morgan fingerprint density at radius 1 is 0.420 bits per heavy atom. The zero-order valence-corrected chi connectivity index (χ0v) is 30.4. The Morgan fingerprint density at radius 3 is 0.760 bits per heavy atom. The van der Waals surface area contributed by atoms with Crippen LogP contribution in [0.3, 0.4) is 0 Å². The Kier molecular flexibility index (Phi) is 14.2. The van der Waals surface area contributed by atoms with Gasteiger partial charge in [0.25, 0.3) is 0 Å². The van der Waals surface area contributed by atoms with Crippen LogP contribution in [0.2, 0.25) is 0 Å². The second-order valence-electron chi connectivity index (χ2n) is 10.9. The van der Waals surface area contributed by atoms with E-state index in [2.05, 4.69) is 86.6 Å². The first-order valence-electron chi connectivity index (χ1n) is 15.6. The van der Waals surface area contributed by atoms with Crippen molar-refractivity contribution in [3.63, 3.8) is 0 Å². The van der Waals surface area contributed by atoms with E-state index in [0.717, 1.165) is 23.0 Å². The molecular weight excluding hydrogens is 670 g/mol. The summed E-state index contributed by atoms with van der Waals surface area (Å²) >= 11 is 3.58. The number of aryl methyl sites for hydroxylation is 2. The van der Waals surface area contributed by atoms with E-state index in [4.69, 9.17) is 29.0 Å². The summed E-state index contributed by atoms with van der Waals surface area (Å²) in [5.41, 5.74) is 7.31. The first-order valence-corrected chi connectivity index (χ1v) is 17.2. The maximum Gasteiger partial charge on any atom is 0.238 e. The van der Waals surface area contributed by atoms with Gasteiger partial charge in [-0.05, 0) is 122 Å². The molecule has 50 heavy (non-hydrogen) atoms. The first-order chi connectivity index (χ1) is 24.1. The number of methoxy groups -OCH3 is 4. The molecule has 0 aliphatic rings. The minimum absolute atomic E-state index is 0.877. The zero-order chi connectivity index (χ0) is 36.0. The van der Waals surface area contributed by atoms with Gasteiger partial charge in [0, 0.05) is 46.5 Å². The molecular formula is C40H38BFO6S2. The summed E-state index contributed by atoms with van der Waals surface area (Å²) in [5.74, 6) is 3.51. The normalized spacial score (nSPS) is 10.1. The average molecular weight is 709 g/mol. The fourth-order valence-electron chi connectivity index (χ4n) is 4.86. The predicted octanol–water partition coefficient (Wildman–Crippen LogP) is 9.04.